The lowest BCUT2D eigenvalue weighted by atomic mass is 10.3. The van der Waals surface area contributed by atoms with Crippen LogP contribution in [-0.2, 0) is 0 Å². The van der Waals surface area contributed by atoms with E-state index in [1.165, 1.54) is 12.4 Å². The Balaban J connectivity index is 2.96. The van der Waals surface area contributed by atoms with Gasteiger partial charge in [0.15, 0.2) is 0 Å². The highest BCUT2D eigenvalue weighted by atomic mass is 35.5. The van der Waals surface area contributed by atoms with Gasteiger partial charge in [0.05, 0.1) is 11.3 Å². The number of fused-ring (bicyclic) bond motifs is 1. The van der Waals surface area contributed by atoms with Crippen LogP contribution in [0, 0.1) is 0 Å². The molecule has 0 unspecified atom stereocenters. The van der Waals surface area contributed by atoms with Gasteiger partial charge in [0.25, 0.3) is 0 Å². The quantitative estimate of drug-likeness (QED) is 0.632. The lowest BCUT2D eigenvalue weighted by Crippen LogP contribution is -1.72. The van der Waals surface area contributed by atoms with Crippen molar-refractivity contribution >= 4 is 22.6 Å². The maximum atomic E-state index is 9.25. The fraction of sp³-hybridized carbons (Fsp3) is 0. The molecule has 0 saturated carbocycles. The van der Waals surface area contributed by atoms with Gasteiger partial charge in [-0.05, 0) is 12.1 Å². The van der Waals surface area contributed by atoms with E-state index in [2.05, 4.69) is 9.97 Å². The van der Waals surface area contributed by atoms with Crippen LogP contribution in [0.3, 0.4) is 0 Å². The molecule has 1 aromatic carbocycles. The number of aromatic nitrogens is 2. The second-order valence-corrected chi connectivity index (χ2v) is 2.60. The first-order chi connectivity index (χ1) is 5.29. The van der Waals surface area contributed by atoms with E-state index in [1.807, 2.05) is 0 Å². The number of aromatic amines is 1. The highest BCUT2D eigenvalue weighted by Gasteiger charge is 2.04. The molecule has 0 aliphatic heterocycles. The Hall–Kier alpha value is -1.22. The fourth-order valence-corrected chi connectivity index (χ4v) is 1.19. The molecule has 0 radical (unpaired) electrons. The summed E-state index contributed by atoms with van der Waals surface area (Å²) in [7, 11) is 0. The van der Waals surface area contributed by atoms with Gasteiger partial charge in [0.2, 0.25) is 0 Å². The van der Waals surface area contributed by atoms with Gasteiger partial charge in [-0.3, -0.25) is 0 Å². The van der Waals surface area contributed by atoms with Crippen LogP contribution in [0.2, 0.25) is 5.02 Å². The molecule has 0 aliphatic rings. The monoisotopic (exact) mass is 168 g/mol. The molecule has 56 valence electrons. The van der Waals surface area contributed by atoms with Crippen molar-refractivity contribution in [2.75, 3.05) is 0 Å². The molecule has 2 aromatic rings. The molecule has 11 heavy (non-hydrogen) atoms. The molecule has 0 amide bonds. The van der Waals surface area contributed by atoms with Crippen LogP contribution in [0.1, 0.15) is 0 Å². The molecule has 2 rings (SSSR count). The molecule has 4 heteroatoms. The van der Waals surface area contributed by atoms with Gasteiger partial charge in [0.1, 0.15) is 16.8 Å². The standard InChI is InChI=1S/C7H5ClN2O/c8-4-1-2-5(11)7-6(4)9-3-10-7/h1-3,11H,(H,9,10). The largest absolute Gasteiger partial charge is 0.506 e. The number of hydrogen-bond donors (Lipinski definition) is 2. The first kappa shape index (κ1) is 6.49. The van der Waals surface area contributed by atoms with Crippen molar-refractivity contribution in [2.45, 2.75) is 0 Å². The SMILES string of the molecule is Oc1ccc(Cl)c2nc[nH]c12. The zero-order chi connectivity index (χ0) is 7.84. The summed E-state index contributed by atoms with van der Waals surface area (Å²) in [5.41, 5.74) is 1.18. The van der Waals surface area contributed by atoms with Gasteiger partial charge in [-0.1, -0.05) is 11.6 Å². The number of hydrogen-bond acceptors (Lipinski definition) is 2. The average Bonchev–Trinajstić information content (AvgIpc) is 2.45. The van der Waals surface area contributed by atoms with Crippen molar-refractivity contribution in [3.05, 3.63) is 23.5 Å². The van der Waals surface area contributed by atoms with Crippen LogP contribution in [0.5, 0.6) is 5.75 Å². The Labute approximate surface area is 67.6 Å². The number of aromatic hydroxyl groups is 1. The van der Waals surface area contributed by atoms with Gasteiger partial charge >= 0.3 is 0 Å². The molecule has 1 heterocycles. The average molecular weight is 169 g/mol. The normalized spacial score (nSPS) is 10.6. The number of halogens is 1. The molecule has 1 aromatic heterocycles. The van der Waals surface area contributed by atoms with Crippen LogP contribution in [0.15, 0.2) is 18.5 Å². The van der Waals surface area contributed by atoms with E-state index in [0.717, 1.165) is 0 Å². The van der Waals surface area contributed by atoms with Gasteiger partial charge < -0.3 is 10.1 Å². The van der Waals surface area contributed by atoms with E-state index in [4.69, 9.17) is 11.6 Å². The van der Waals surface area contributed by atoms with Crippen LogP contribution in [-0.4, -0.2) is 15.1 Å². The molecular weight excluding hydrogens is 164 g/mol. The van der Waals surface area contributed by atoms with Gasteiger partial charge in [-0.15, -0.1) is 0 Å². The van der Waals surface area contributed by atoms with Crippen LogP contribution in [0.4, 0.5) is 0 Å². The number of imidazole rings is 1. The van der Waals surface area contributed by atoms with Crippen molar-refractivity contribution in [3.63, 3.8) is 0 Å². The topological polar surface area (TPSA) is 48.9 Å². The maximum absolute atomic E-state index is 9.25. The van der Waals surface area contributed by atoms with Crippen molar-refractivity contribution in [3.8, 4) is 5.75 Å². The minimum absolute atomic E-state index is 0.168. The van der Waals surface area contributed by atoms with E-state index in [1.54, 1.807) is 6.07 Å². The second-order valence-electron chi connectivity index (χ2n) is 2.19. The fourth-order valence-electron chi connectivity index (χ4n) is 0.985. The first-order valence-electron chi connectivity index (χ1n) is 3.09. The van der Waals surface area contributed by atoms with Crippen molar-refractivity contribution in [1.82, 2.24) is 9.97 Å². The third-order valence-electron chi connectivity index (χ3n) is 1.51. The number of phenolic OH excluding ortho intramolecular Hbond substituents is 1. The summed E-state index contributed by atoms with van der Waals surface area (Å²) < 4.78 is 0. The van der Waals surface area contributed by atoms with Gasteiger partial charge in [0, 0.05) is 0 Å². The minimum Gasteiger partial charge on any atom is -0.506 e. The smallest absolute Gasteiger partial charge is 0.141 e. The molecule has 0 fully saturated rings. The van der Waals surface area contributed by atoms with Gasteiger partial charge in [-0.2, -0.15) is 0 Å². The van der Waals surface area contributed by atoms with E-state index in [-0.39, 0.29) is 5.75 Å². The van der Waals surface area contributed by atoms with E-state index in [9.17, 15) is 5.11 Å². The van der Waals surface area contributed by atoms with Crippen LogP contribution in [0.25, 0.3) is 11.0 Å². The Morgan fingerprint density at radius 2 is 2.27 bits per heavy atom. The summed E-state index contributed by atoms with van der Waals surface area (Å²) in [6, 6.07) is 3.14. The van der Waals surface area contributed by atoms with Crippen LogP contribution >= 0.6 is 11.6 Å². The number of H-pyrrole nitrogens is 1. The molecule has 3 nitrogen and oxygen atoms in total. The lowest BCUT2D eigenvalue weighted by molar-refractivity contribution is 0.480. The Morgan fingerprint density at radius 1 is 1.45 bits per heavy atom. The molecule has 0 bridgehead atoms. The molecule has 0 saturated heterocycles. The predicted molar refractivity (Wildman–Crippen MR) is 42.8 cm³/mol. The number of nitrogens with one attached hydrogen (secondary N) is 1. The number of benzene rings is 1. The van der Waals surface area contributed by atoms with Crippen LogP contribution < -0.4 is 0 Å². The minimum atomic E-state index is 0.168. The Bertz CT molecular complexity index is 360. The third kappa shape index (κ3) is 0.851. The maximum Gasteiger partial charge on any atom is 0.141 e. The Morgan fingerprint density at radius 3 is 3.00 bits per heavy atom. The van der Waals surface area contributed by atoms with E-state index >= 15 is 0 Å². The highest BCUT2D eigenvalue weighted by Crippen LogP contribution is 2.26. The first-order valence-corrected chi connectivity index (χ1v) is 3.47. The van der Waals surface area contributed by atoms with Crippen molar-refractivity contribution in [2.24, 2.45) is 0 Å². The number of nitrogens with zero attached hydrogens (tertiary/aromatic N) is 1. The summed E-state index contributed by atoms with van der Waals surface area (Å²) in [5.74, 6) is 0.168. The summed E-state index contributed by atoms with van der Waals surface area (Å²) in [4.78, 5) is 6.71. The lowest BCUT2D eigenvalue weighted by Gasteiger charge is -1.93. The molecular formula is C7H5ClN2O. The Kier molecular flexibility index (Phi) is 1.26. The van der Waals surface area contributed by atoms with Crippen molar-refractivity contribution in [1.29, 1.82) is 0 Å². The number of rotatable bonds is 0. The molecule has 2 N–H and O–H groups in total. The molecule has 0 atom stereocenters. The summed E-state index contributed by atoms with van der Waals surface area (Å²) in [6.45, 7) is 0. The number of phenols is 1. The second kappa shape index (κ2) is 2.13. The third-order valence-corrected chi connectivity index (χ3v) is 1.81. The zero-order valence-corrected chi connectivity index (χ0v) is 6.26. The van der Waals surface area contributed by atoms with E-state index in [0.29, 0.717) is 16.1 Å². The zero-order valence-electron chi connectivity index (χ0n) is 5.50. The molecule has 0 spiro atoms. The summed E-state index contributed by atoms with van der Waals surface area (Å²) in [6.07, 6.45) is 1.50. The van der Waals surface area contributed by atoms with Crippen molar-refractivity contribution < 1.29 is 5.11 Å². The summed E-state index contributed by atoms with van der Waals surface area (Å²) in [5, 5.41) is 9.80. The predicted octanol–water partition coefficient (Wildman–Crippen LogP) is 1.92. The van der Waals surface area contributed by atoms with E-state index < -0.39 is 0 Å². The highest BCUT2D eigenvalue weighted by molar-refractivity contribution is 6.35. The summed E-state index contributed by atoms with van der Waals surface area (Å²) >= 11 is 5.78. The molecule has 0 aliphatic carbocycles. The van der Waals surface area contributed by atoms with Gasteiger partial charge in [-0.25, -0.2) is 4.98 Å².